The highest BCUT2D eigenvalue weighted by Gasteiger charge is 2.24. The van der Waals surface area contributed by atoms with E-state index in [4.69, 9.17) is 4.74 Å². The zero-order valence-corrected chi connectivity index (χ0v) is 14.9. The largest absolute Gasteiger partial charge is 0.494 e. The number of hydrogen-bond acceptors (Lipinski definition) is 4. The van der Waals surface area contributed by atoms with Crippen molar-refractivity contribution >= 4 is 11.8 Å². The molecule has 1 aliphatic rings. The fourth-order valence-corrected chi connectivity index (χ4v) is 2.99. The van der Waals surface area contributed by atoms with Crippen molar-refractivity contribution in [3.63, 3.8) is 0 Å². The molecule has 2 amide bonds. The fourth-order valence-electron chi connectivity index (χ4n) is 2.99. The monoisotopic (exact) mass is 353 g/mol. The first-order chi connectivity index (χ1) is 12.7. The molecule has 1 aliphatic heterocycles. The normalized spacial score (nSPS) is 14.2. The number of amides is 2. The molecule has 0 radical (unpaired) electrons. The summed E-state index contributed by atoms with van der Waals surface area (Å²) >= 11 is 0. The van der Waals surface area contributed by atoms with Crippen molar-refractivity contribution in [3.8, 4) is 5.75 Å². The summed E-state index contributed by atoms with van der Waals surface area (Å²) in [6.07, 6.45) is 3.59. The average molecular weight is 353 g/mol. The predicted octanol–water partition coefficient (Wildman–Crippen LogP) is 2.01. The van der Waals surface area contributed by atoms with Crippen LogP contribution in [0.15, 0.2) is 48.8 Å². The molecule has 1 fully saturated rings. The third kappa shape index (κ3) is 4.39. The number of hydrogen-bond donors (Lipinski definition) is 0. The number of pyridine rings is 1. The van der Waals surface area contributed by atoms with Gasteiger partial charge >= 0.3 is 0 Å². The van der Waals surface area contributed by atoms with Gasteiger partial charge in [0.15, 0.2) is 0 Å². The first-order valence-electron chi connectivity index (χ1n) is 8.86. The molecule has 0 bridgehead atoms. The molecular formula is C20H23N3O3. The maximum Gasteiger partial charge on any atom is 0.255 e. The van der Waals surface area contributed by atoms with Crippen LogP contribution in [-0.2, 0) is 11.2 Å². The molecule has 6 heteroatoms. The lowest BCUT2D eigenvalue weighted by Gasteiger charge is -2.34. The zero-order chi connectivity index (χ0) is 18.4. The van der Waals surface area contributed by atoms with Crippen molar-refractivity contribution in [2.24, 2.45) is 0 Å². The third-order valence-electron chi connectivity index (χ3n) is 4.42. The Labute approximate surface area is 153 Å². The summed E-state index contributed by atoms with van der Waals surface area (Å²) < 4.78 is 5.42. The van der Waals surface area contributed by atoms with E-state index in [9.17, 15) is 9.59 Å². The number of carbonyl (C=O) groups excluding carboxylic acids is 2. The van der Waals surface area contributed by atoms with Crippen LogP contribution in [0.3, 0.4) is 0 Å². The van der Waals surface area contributed by atoms with Crippen LogP contribution in [0.1, 0.15) is 22.8 Å². The zero-order valence-electron chi connectivity index (χ0n) is 14.9. The van der Waals surface area contributed by atoms with Crippen molar-refractivity contribution < 1.29 is 14.3 Å². The summed E-state index contributed by atoms with van der Waals surface area (Å²) in [5.74, 6) is 0.866. The smallest absolute Gasteiger partial charge is 0.255 e. The predicted molar refractivity (Wildman–Crippen MR) is 98.0 cm³/mol. The van der Waals surface area contributed by atoms with Crippen LogP contribution < -0.4 is 4.74 Å². The number of benzene rings is 1. The van der Waals surface area contributed by atoms with Gasteiger partial charge in [-0.1, -0.05) is 12.1 Å². The lowest BCUT2D eigenvalue weighted by Crippen LogP contribution is -2.51. The second kappa shape index (κ2) is 8.47. The summed E-state index contributed by atoms with van der Waals surface area (Å²) in [6, 6.07) is 11.1. The molecule has 1 aromatic heterocycles. The second-order valence-electron chi connectivity index (χ2n) is 6.17. The second-order valence-corrected chi connectivity index (χ2v) is 6.17. The number of carbonyl (C=O) groups is 2. The van der Waals surface area contributed by atoms with Crippen LogP contribution in [0, 0.1) is 0 Å². The minimum Gasteiger partial charge on any atom is -0.494 e. The molecule has 0 spiro atoms. The minimum absolute atomic E-state index is 0.0308. The molecule has 2 heterocycles. The van der Waals surface area contributed by atoms with E-state index in [2.05, 4.69) is 4.98 Å². The highest BCUT2D eigenvalue weighted by Crippen LogP contribution is 2.14. The van der Waals surface area contributed by atoms with Crippen molar-refractivity contribution in [2.45, 2.75) is 13.3 Å². The van der Waals surface area contributed by atoms with E-state index in [-0.39, 0.29) is 11.8 Å². The summed E-state index contributed by atoms with van der Waals surface area (Å²) in [7, 11) is 0. The Balaban J connectivity index is 1.51. The maximum absolute atomic E-state index is 12.5. The topological polar surface area (TPSA) is 62.7 Å². The Kier molecular flexibility index (Phi) is 5.84. The molecule has 1 saturated heterocycles. The van der Waals surface area contributed by atoms with E-state index in [0.717, 1.165) is 11.3 Å². The average Bonchev–Trinajstić information content (AvgIpc) is 2.70. The third-order valence-corrected chi connectivity index (χ3v) is 4.42. The van der Waals surface area contributed by atoms with Gasteiger partial charge in [0.2, 0.25) is 5.91 Å². The van der Waals surface area contributed by atoms with Gasteiger partial charge in [-0.25, -0.2) is 0 Å². The number of piperazine rings is 1. The van der Waals surface area contributed by atoms with Crippen molar-refractivity contribution in [1.82, 2.24) is 14.8 Å². The van der Waals surface area contributed by atoms with Crippen molar-refractivity contribution in [2.75, 3.05) is 32.8 Å². The summed E-state index contributed by atoms with van der Waals surface area (Å²) in [5.41, 5.74) is 1.55. The molecule has 0 saturated carbocycles. The van der Waals surface area contributed by atoms with E-state index >= 15 is 0 Å². The van der Waals surface area contributed by atoms with Crippen molar-refractivity contribution in [3.05, 3.63) is 59.9 Å². The van der Waals surface area contributed by atoms with E-state index in [1.54, 1.807) is 29.4 Å². The number of aromatic nitrogens is 1. The molecule has 2 aromatic rings. The number of nitrogens with zero attached hydrogens (tertiary/aromatic N) is 3. The minimum atomic E-state index is -0.0308. The van der Waals surface area contributed by atoms with Crippen LogP contribution >= 0.6 is 0 Å². The quantitative estimate of drug-likeness (QED) is 0.825. The number of rotatable bonds is 5. The van der Waals surface area contributed by atoms with Crippen LogP contribution in [0.4, 0.5) is 0 Å². The van der Waals surface area contributed by atoms with E-state index < -0.39 is 0 Å². The van der Waals surface area contributed by atoms with Crippen LogP contribution in [0.2, 0.25) is 0 Å². The highest BCUT2D eigenvalue weighted by molar-refractivity contribution is 5.94. The van der Waals surface area contributed by atoms with Gasteiger partial charge in [0.1, 0.15) is 5.75 Å². The Morgan fingerprint density at radius 2 is 1.73 bits per heavy atom. The van der Waals surface area contributed by atoms with Gasteiger partial charge in [0.25, 0.3) is 5.91 Å². The standard InChI is InChI=1S/C20H23N3O3/c1-2-26-18-7-5-16(6-8-18)14-19(24)22-10-12-23(13-11-22)20(25)17-4-3-9-21-15-17/h3-9,15H,2,10-14H2,1H3. The van der Waals surface area contributed by atoms with Gasteiger partial charge in [-0.3, -0.25) is 14.6 Å². The highest BCUT2D eigenvalue weighted by atomic mass is 16.5. The van der Waals surface area contributed by atoms with E-state index in [1.807, 2.05) is 36.1 Å². The summed E-state index contributed by atoms with van der Waals surface area (Å²) in [6.45, 7) is 4.77. The Morgan fingerprint density at radius 1 is 1.04 bits per heavy atom. The first-order valence-corrected chi connectivity index (χ1v) is 8.86. The summed E-state index contributed by atoms with van der Waals surface area (Å²) in [4.78, 5) is 32.5. The SMILES string of the molecule is CCOc1ccc(CC(=O)N2CCN(C(=O)c3cccnc3)CC2)cc1. The molecule has 26 heavy (non-hydrogen) atoms. The maximum atomic E-state index is 12.5. The van der Waals surface area contributed by atoms with Crippen LogP contribution in [-0.4, -0.2) is 59.4 Å². The van der Waals surface area contributed by atoms with Gasteiger partial charge < -0.3 is 14.5 Å². The molecule has 136 valence electrons. The van der Waals surface area contributed by atoms with Gasteiger partial charge in [0, 0.05) is 38.6 Å². The molecule has 3 rings (SSSR count). The van der Waals surface area contributed by atoms with Gasteiger partial charge in [-0.2, -0.15) is 0 Å². The molecule has 0 atom stereocenters. The van der Waals surface area contributed by atoms with Crippen LogP contribution in [0.25, 0.3) is 0 Å². The lowest BCUT2D eigenvalue weighted by molar-refractivity contribution is -0.131. The molecular weight excluding hydrogens is 330 g/mol. The Hall–Kier alpha value is -2.89. The number of ether oxygens (including phenoxy) is 1. The Bertz CT molecular complexity index is 739. The first kappa shape index (κ1) is 17.9. The summed E-state index contributed by atoms with van der Waals surface area (Å²) in [5, 5.41) is 0. The van der Waals surface area contributed by atoms with E-state index in [0.29, 0.717) is 44.8 Å². The fraction of sp³-hybridized carbons (Fsp3) is 0.350. The van der Waals surface area contributed by atoms with Gasteiger partial charge in [-0.15, -0.1) is 0 Å². The van der Waals surface area contributed by atoms with Crippen LogP contribution in [0.5, 0.6) is 5.75 Å². The lowest BCUT2D eigenvalue weighted by atomic mass is 10.1. The molecule has 1 aromatic carbocycles. The molecule has 0 N–H and O–H groups in total. The van der Waals surface area contributed by atoms with Gasteiger partial charge in [0.05, 0.1) is 18.6 Å². The van der Waals surface area contributed by atoms with Gasteiger partial charge in [-0.05, 0) is 36.8 Å². The molecule has 0 unspecified atom stereocenters. The molecule has 0 aliphatic carbocycles. The van der Waals surface area contributed by atoms with E-state index in [1.165, 1.54) is 0 Å². The Morgan fingerprint density at radius 3 is 2.35 bits per heavy atom. The van der Waals surface area contributed by atoms with Crippen molar-refractivity contribution in [1.29, 1.82) is 0 Å². The molecule has 6 nitrogen and oxygen atoms in total.